The summed E-state index contributed by atoms with van der Waals surface area (Å²) < 4.78 is 0. The number of nitrogens with one attached hydrogen (secondary N) is 1. The number of aryl methyl sites for hydroxylation is 2. The summed E-state index contributed by atoms with van der Waals surface area (Å²) in [5.41, 5.74) is 5.73. The maximum atomic E-state index is 13.5. The lowest BCUT2D eigenvalue weighted by Gasteiger charge is -2.25. The minimum Gasteiger partial charge on any atom is -0.322 e. The molecule has 0 saturated carbocycles. The summed E-state index contributed by atoms with van der Waals surface area (Å²) in [6, 6.07) is 18.7. The molecular formula is C27H27ClN2O2. The van der Waals surface area contributed by atoms with Gasteiger partial charge in [-0.1, -0.05) is 36.7 Å². The van der Waals surface area contributed by atoms with E-state index in [2.05, 4.69) is 12.2 Å². The predicted octanol–water partition coefficient (Wildman–Crippen LogP) is 6.75. The van der Waals surface area contributed by atoms with Crippen molar-refractivity contribution in [3.8, 4) is 0 Å². The summed E-state index contributed by atoms with van der Waals surface area (Å²) >= 11 is 6.24. The number of benzene rings is 3. The third-order valence-corrected chi connectivity index (χ3v) is 6.41. The fourth-order valence-corrected chi connectivity index (χ4v) is 4.54. The Morgan fingerprint density at radius 2 is 1.75 bits per heavy atom. The fourth-order valence-electron chi connectivity index (χ4n) is 4.36. The largest absolute Gasteiger partial charge is 0.322 e. The number of rotatable bonds is 3. The van der Waals surface area contributed by atoms with E-state index in [1.54, 1.807) is 18.2 Å². The van der Waals surface area contributed by atoms with Gasteiger partial charge in [0.15, 0.2) is 0 Å². The molecule has 0 aliphatic carbocycles. The number of hydrogen-bond acceptors (Lipinski definition) is 2. The molecule has 32 heavy (non-hydrogen) atoms. The van der Waals surface area contributed by atoms with Gasteiger partial charge in [-0.25, -0.2) is 0 Å². The van der Waals surface area contributed by atoms with Gasteiger partial charge in [0.1, 0.15) is 0 Å². The van der Waals surface area contributed by atoms with Crippen molar-refractivity contribution in [1.29, 1.82) is 0 Å². The van der Waals surface area contributed by atoms with Crippen molar-refractivity contribution in [3.63, 3.8) is 0 Å². The molecule has 1 aliphatic heterocycles. The Morgan fingerprint density at radius 3 is 2.50 bits per heavy atom. The van der Waals surface area contributed by atoms with Gasteiger partial charge < -0.3 is 10.2 Å². The number of halogens is 1. The maximum absolute atomic E-state index is 13.5. The Labute approximate surface area is 194 Å². The topological polar surface area (TPSA) is 49.4 Å². The van der Waals surface area contributed by atoms with Crippen molar-refractivity contribution < 1.29 is 9.59 Å². The van der Waals surface area contributed by atoms with E-state index in [1.165, 1.54) is 0 Å². The first-order valence-corrected chi connectivity index (χ1v) is 11.3. The fraction of sp³-hybridized carbons (Fsp3) is 0.259. The molecule has 0 radical (unpaired) electrons. The summed E-state index contributed by atoms with van der Waals surface area (Å²) in [5, 5.41) is 3.63. The first-order chi connectivity index (χ1) is 15.3. The summed E-state index contributed by atoms with van der Waals surface area (Å²) in [4.78, 5) is 28.0. The van der Waals surface area contributed by atoms with Crippen LogP contribution in [-0.2, 0) is 0 Å². The van der Waals surface area contributed by atoms with Crippen LogP contribution in [0.25, 0.3) is 0 Å². The van der Waals surface area contributed by atoms with Gasteiger partial charge in [-0.3, -0.25) is 9.59 Å². The highest BCUT2D eigenvalue weighted by Gasteiger charge is 2.26. The molecule has 4 nitrogen and oxygen atoms in total. The Hall–Kier alpha value is -3.11. The smallest absolute Gasteiger partial charge is 0.258 e. The lowest BCUT2D eigenvalue weighted by molar-refractivity contribution is 0.0985. The predicted molar refractivity (Wildman–Crippen MR) is 131 cm³/mol. The Morgan fingerprint density at radius 1 is 0.969 bits per heavy atom. The molecular weight excluding hydrogens is 420 g/mol. The highest BCUT2D eigenvalue weighted by atomic mass is 35.5. The molecule has 1 atom stereocenters. The quantitative estimate of drug-likeness (QED) is 0.483. The van der Waals surface area contributed by atoms with Crippen molar-refractivity contribution in [2.45, 2.75) is 39.5 Å². The van der Waals surface area contributed by atoms with E-state index in [0.717, 1.165) is 35.2 Å². The second-order valence-electron chi connectivity index (χ2n) is 8.50. The molecule has 5 heteroatoms. The molecule has 164 valence electrons. The summed E-state index contributed by atoms with van der Waals surface area (Å²) in [5.74, 6) is 0.160. The lowest BCUT2D eigenvalue weighted by atomic mass is 9.96. The van der Waals surface area contributed by atoms with Gasteiger partial charge in [-0.05, 0) is 91.8 Å². The molecule has 1 heterocycles. The van der Waals surface area contributed by atoms with Gasteiger partial charge in [-0.15, -0.1) is 0 Å². The van der Waals surface area contributed by atoms with Crippen LogP contribution >= 0.6 is 11.6 Å². The van der Waals surface area contributed by atoms with Crippen molar-refractivity contribution >= 4 is 34.8 Å². The van der Waals surface area contributed by atoms with Crippen LogP contribution in [0.4, 0.5) is 11.4 Å². The zero-order chi connectivity index (χ0) is 22.8. The number of carbonyl (C=O) groups excluding carboxylic acids is 2. The molecule has 0 unspecified atom stereocenters. The van der Waals surface area contributed by atoms with Crippen LogP contribution in [0.15, 0.2) is 60.7 Å². The first kappa shape index (κ1) is 22.1. The number of amides is 2. The van der Waals surface area contributed by atoms with E-state index in [4.69, 9.17) is 11.6 Å². The Bertz CT molecular complexity index is 1190. The third kappa shape index (κ3) is 4.42. The summed E-state index contributed by atoms with van der Waals surface area (Å²) in [7, 11) is 0. The molecule has 3 aromatic carbocycles. The van der Waals surface area contributed by atoms with Crippen LogP contribution in [-0.4, -0.2) is 18.4 Å². The van der Waals surface area contributed by atoms with Gasteiger partial charge in [0, 0.05) is 34.1 Å². The van der Waals surface area contributed by atoms with E-state index in [0.29, 0.717) is 34.3 Å². The Balaban J connectivity index is 1.60. The Kier molecular flexibility index (Phi) is 6.33. The van der Waals surface area contributed by atoms with Crippen molar-refractivity contribution in [2.75, 3.05) is 16.8 Å². The van der Waals surface area contributed by atoms with Gasteiger partial charge in [0.05, 0.1) is 0 Å². The molecule has 4 rings (SSSR count). The molecule has 0 spiro atoms. The average Bonchev–Trinajstić information content (AvgIpc) is 2.92. The van der Waals surface area contributed by atoms with Gasteiger partial charge >= 0.3 is 0 Å². The molecule has 0 aromatic heterocycles. The van der Waals surface area contributed by atoms with E-state index >= 15 is 0 Å². The van der Waals surface area contributed by atoms with Crippen LogP contribution in [0.1, 0.15) is 63.1 Å². The molecule has 1 N–H and O–H groups in total. The molecule has 1 aliphatic rings. The van der Waals surface area contributed by atoms with Crippen molar-refractivity contribution in [2.24, 2.45) is 0 Å². The monoisotopic (exact) mass is 446 g/mol. The average molecular weight is 447 g/mol. The molecule has 3 aromatic rings. The second-order valence-corrected chi connectivity index (χ2v) is 8.94. The number of nitrogens with zero attached hydrogens (tertiary/aromatic N) is 1. The molecule has 2 amide bonds. The summed E-state index contributed by atoms with van der Waals surface area (Å²) in [6.07, 6.45) is 1.95. The number of hydrogen-bond donors (Lipinski definition) is 1. The van der Waals surface area contributed by atoms with E-state index in [-0.39, 0.29) is 11.8 Å². The second kappa shape index (κ2) is 9.17. The van der Waals surface area contributed by atoms with E-state index in [1.807, 2.05) is 61.2 Å². The van der Waals surface area contributed by atoms with Gasteiger partial charge in [0.2, 0.25) is 0 Å². The maximum Gasteiger partial charge on any atom is 0.258 e. The first-order valence-electron chi connectivity index (χ1n) is 10.9. The van der Waals surface area contributed by atoms with Crippen LogP contribution in [0, 0.1) is 13.8 Å². The van der Waals surface area contributed by atoms with E-state index in [9.17, 15) is 9.59 Å². The van der Waals surface area contributed by atoms with Crippen molar-refractivity contribution in [3.05, 3.63) is 93.5 Å². The number of carbonyl (C=O) groups is 2. The van der Waals surface area contributed by atoms with Gasteiger partial charge in [0.25, 0.3) is 11.8 Å². The molecule has 0 saturated heterocycles. The zero-order valence-corrected chi connectivity index (χ0v) is 19.4. The SMILES string of the molecule is Cc1ccccc1C(=O)Nc1ccc(C(=O)N2CCC[C@@H](C)c3cc(Cl)ccc32)c(C)c1. The number of anilines is 2. The minimum absolute atomic E-state index is 0.0306. The highest BCUT2D eigenvalue weighted by Crippen LogP contribution is 2.37. The van der Waals surface area contributed by atoms with Crippen LogP contribution < -0.4 is 10.2 Å². The number of fused-ring (bicyclic) bond motifs is 1. The lowest BCUT2D eigenvalue weighted by Crippen LogP contribution is -2.32. The van der Waals surface area contributed by atoms with Crippen LogP contribution in [0.3, 0.4) is 0 Å². The highest BCUT2D eigenvalue weighted by molar-refractivity contribution is 6.30. The van der Waals surface area contributed by atoms with E-state index < -0.39 is 0 Å². The van der Waals surface area contributed by atoms with Crippen molar-refractivity contribution in [1.82, 2.24) is 0 Å². The summed E-state index contributed by atoms with van der Waals surface area (Å²) in [6.45, 7) is 6.66. The standard InChI is InChI=1S/C27H27ClN2O2/c1-17-7-4-5-9-22(17)26(31)29-21-11-12-23(19(3)15-21)27(32)30-14-6-8-18(2)24-16-20(28)10-13-25(24)30/h4-5,7,9-13,15-16,18H,6,8,14H2,1-3H3,(H,29,31)/t18-/m1/s1. The minimum atomic E-state index is -0.158. The molecule has 0 bridgehead atoms. The third-order valence-electron chi connectivity index (χ3n) is 6.18. The molecule has 0 fully saturated rings. The van der Waals surface area contributed by atoms with Crippen LogP contribution in [0.2, 0.25) is 5.02 Å². The normalized spacial score (nSPS) is 15.6. The van der Waals surface area contributed by atoms with Gasteiger partial charge in [-0.2, -0.15) is 0 Å². The zero-order valence-electron chi connectivity index (χ0n) is 18.6. The van der Waals surface area contributed by atoms with Crippen LogP contribution in [0.5, 0.6) is 0 Å².